The van der Waals surface area contributed by atoms with E-state index < -0.39 is 82.8 Å². The highest BCUT2D eigenvalue weighted by Crippen LogP contribution is 2.45. The maximum absolute atomic E-state index is 14.4. The SMILES string of the molecule is COc1ccc(COC[C@H]2O[C@@H](OC[C@H]3O[C@@H](S(=O)c4ccccc4)[C@H](N=[N+]=[N-])[C@H]4O[C@](C)(OC)[C@@](C)(OC)O[C@@H]43)[C@H](N=[N+]=[N-])[C@@H](OCc3ccc(OC)cc3)[C@@H]2OCc2ccc(OC)cc2)cc1. The molecule has 370 valence electrons. The molecule has 3 aliphatic heterocycles. The Hall–Kier alpha value is -5.35. The summed E-state index contributed by atoms with van der Waals surface area (Å²) in [6, 6.07) is 28.5. The second kappa shape index (κ2) is 24.0. The van der Waals surface area contributed by atoms with E-state index in [1.54, 1.807) is 65.5 Å². The summed E-state index contributed by atoms with van der Waals surface area (Å²) in [5.41, 5.74) is 21.2. The Morgan fingerprint density at radius 3 is 1.58 bits per heavy atom. The van der Waals surface area contributed by atoms with Crippen LogP contribution in [0.1, 0.15) is 30.5 Å². The van der Waals surface area contributed by atoms with Gasteiger partial charge in [0.15, 0.2) is 6.29 Å². The molecule has 7 rings (SSSR count). The third kappa shape index (κ3) is 12.0. The van der Waals surface area contributed by atoms with Crippen LogP contribution in [0.2, 0.25) is 0 Å². The first kappa shape index (κ1) is 51.5. The van der Waals surface area contributed by atoms with Gasteiger partial charge in [0.25, 0.3) is 0 Å². The van der Waals surface area contributed by atoms with Crippen molar-refractivity contribution in [3.63, 3.8) is 0 Å². The molecule has 4 aromatic rings. The van der Waals surface area contributed by atoms with Gasteiger partial charge < -0.3 is 61.6 Å². The topological polar surface area (TPSA) is 235 Å². The first-order valence-electron chi connectivity index (χ1n) is 22.1. The van der Waals surface area contributed by atoms with E-state index in [0.717, 1.165) is 16.7 Å². The molecule has 0 saturated carbocycles. The lowest BCUT2D eigenvalue weighted by molar-refractivity contribution is -0.464. The fourth-order valence-corrected chi connectivity index (χ4v) is 9.72. The number of benzene rings is 4. The molecular formula is C48H58N6O14S. The van der Waals surface area contributed by atoms with Crippen LogP contribution in [0.5, 0.6) is 17.2 Å². The summed E-state index contributed by atoms with van der Waals surface area (Å²) in [4.78, 5) is 6.74. The Morgan fingerprint density at radius 2 is 1.07 bits per heavy atom. The van der Waals surface area contributed by atoms with Crippen molar-refractivity contribution in [2.24, 2.45) is 10.2 Å². The van der Waals surface area contributed by atoms with Crippen molar-refractivity contribution in [1.29, 1.82) is 0 Å². The molecule has 20 nitrogen and oxygen atoms in total. The lowest BCUT2D eigenvalue weighted by atomic mass is 9.93. The third-order valence-electron chi connectivity index (χ3n) is 12.4. The predicted octanol–water partition coefficient (Wildman–Crippen LogP) is 7.54. The molecule has 1 unspecified atom stereocenters. The molecule has 0 spiro atoms. The van der Waals surface area contributed by atoms with Gasteiger partial charge in [0.1, 0.15) is 71.4 Å². The summed E-state index contributed by atoms with van der Waals surface area (Å²) in [6.07, 6.45) is -7.31. The van der Waals surface area contributed by atoms with Gasteiger partial charge in [-0.2, -0.15) is 0 Å². The monoisotopic (exact) mass is 974 g/mol. The van der Waals surface area contributed by atoms with Crippen LogP contribution in [0.25, 0.3) is 20.9 Å². The molecule has 3 aliphatic rings. The van der Waals surface area contributed by atoms with E-state index in [1.807, 2.05) is 72.8 Å². The van der Waals surface area contributed by atoms with E-state index in [0.29, 0.717) is 22.1 Å². The maximum atomic E-state index is 14.4. The normalized spacial score (nSPS) is 30.2. The Balaban J connectivity index is 1.23. The van der Waals surface area contributed by atoms with Crippen molar-refractivity contribution >= 4 is 10.8 Å². The lowest BCUT2D eigenvalue weighted by Crippen LogP contribution is -2.73. The zero-order valence-corrected chi connectivity index (χ0v) is 40.2. The first-order chi connectivity index (χ1) is 33.5. The maximum Gasteiger partial charge on any atom is 0.220 e. The van der Waals surface area contributed by atoms with Crippen LogP contribution in [-0.2, 0) is 78.0 Å². The molecule has 21 heteroatoms. The highest BCUT2D eigenvalue weighted by molar-refractivity contribution is 7.85. The predicted molar refractivity (Wildman–Crippen MR) is 248 cm³/mol. The van der Waals surface area contributed by atoms with Crippen molar-refractivity contribution in [2.45, 2.75) is 111 Å². The van der Waals surface area contributed by atoms with Gasteiger partial charge >= 0.3 is 0 Å². The van der Waals surface area contributed by atoms with Crippen molar-refractivity contribution in [3.8, 4) is 17.2 Å². The smallest absolute Gasteiger partial charge is 0.220 e. The van der Waals surface area contributed by atoms with E-state index in [2.05, 4.69) is 20.1 Å². The third-order valence-corrected chi connectivity index (χ3v) is 14.0. The number of azide groups is 2. The van der Waals surface area contributed by atoms with Crippen LogP contribution in [0.15, 0.2) is 118 Å². The fourth-order valence-electron chi connectivity index (χ4n) is 8.32. The minimum Gasteiger partial charge on any atom is -0.497 e. The summed E-state index contributed by atoms with van der Waals surface area (Å²) in [7, 11) is 5.73. The van der Waals surface area contributed by atoms with E-state index in [-0.39, 0.29) is 33.0 Å². The van der Waals surface area contributed by atoms with Crippen LogP contribution in [0, 0.1) is 0 Å². The van der Waals surface area contributed by atoms with E-state index >= 15 is 0 Å². The van der Waals surface area contributed by atoms with Crippen LogP contribution in [-0.4, -0.2) is 125 Å². The second-order valence-corrected chi connectivity index (χ2v) is 18.0. The molecule has 0 aliphatic carbocycles. The van der Waals surface area contributed by atoms with Gasteiger partial charge in [0, 0.05) is 28.9 Å². The number of nitrogens with zero attached hydrogens (tertiary/aromatic N) is 6. The van der Waals surface area contributed by atoms with E-state index in [1.165, 1.54) is 14.2 Å². The average molecular weight is 975 g/mol. The Bertz CT molecular complexity index is 2380. The Labute approximate surface area is 402 Å². The molecule has 69 heavy (non-hydrogen) atoms. The number of rotatable bonds is 22. The van der Waals surface area contributed by atoms with E-state index in [9.17, 15) is 15.3 Å². The van der Waals surface area contributed by atoms with Gasteiger partial charge in [0.2, 0.25) is 11.6 Å². The van der Waals surface area contributed by atoms with Crippen molar-refractivity contribution in [3.05, 3.63) is 141 Å². The number of ether oxygens (including phenoxy) is 13. The molecule has 4 aromatic carbocycles. The van der Waals surface area contributed by atoms with Crippen LogP contribution < -0.4 is 14.2 Å². The van der Waals surface area contributed by atoms with Crippen molar-refractivity contribution in [2.75, 3.05) is 48.8 Å². The van der Waals surface area contributed by atoms with Crippen molar-refractivity contribution in [1.82, 2.24) is 0 Å². The highest BCUT2D eigenvalue weighted by atomic mass is 32.2. The second-order valence-electron chi connectivity index (χ2n) is 16.5. The number of methoxy groups -OCH3 is 5. The van der Waals surface area contributed by atoms with Gasteiger partial charge in [-0.3, -0.25) is 4.21 Å². The van der Waals surface area contributed by atoms with Crippen LogP contribution in [0.3, 0.4) is 0 Å². The highest BCUT2D eigenvalue weighted by Gasteiger charge is 2.63. The molecule has 13 atom stereocenters. The number of hydrogen-bond donors (Lipinski definition) is 0. The molecule has 0 amide bonds. The average Bonchev–Trinajstić information content (AvgIpc) is 3.39. The quantitative estimate of drug-likeness (QED) is 0.0420. The fraction of sp³-hybridized carbons (Fsp3) is 0.500. The van der Waals surface area contributed by atoms with Gasteiger partial charge in [-0.15, -0.1) is 0 Å². The largest absolute Gasteiger partial charge is 0.497 e. The Kier molecular flexibility index (Phi) is 17.9. The van der Waals surface area contributed by atoms with Crippen molar-refractivity contribution < 1.29 is 65.8 Å². The summed E-state index contributed by atoms with van der Waals surface area (Å²) in [6.45, 7) is 3.33. The zero-order valence-electron chi connectivity index (χ0n) is 39.4. The molecular weight excluding hydrogens is 917 g/mol. The van der Waals surface area contributed by atoms with Gasteiger partial charge in [-0.1, -0.05) is 64.8 Å². The number of fused-ring (bicyclic) bond motifs is 1. The molecule has 3 fully saturated rings. The summed E-state index contributed by atoms with van der Waals surface area (Å²) >= 11 is 0. The van der Waals surface area contributed by atoms with Gasteiger partial charge in [0.05, 0.1) is 65.2 Å². The Morgan fingerprint density at radius 1 is 0.580 bits per heavy atom. The molecule has 0 aromatic heterocycles. The minimum atomic E-state index is -1.91. The number of hydrogen-bond acceptors (Lipinski definition) is 16. The van der Waals surface area contributed by atoms with E-state index in [4.69, 9.17) is 61.6 Å². The first-order valence-corrected chi connectivity index (χ1v) is 23.3. The minimum absolute atomic E-state index is 0.0140. The van der Waals surface area contributed by atoms with Gasteiger partial charge in [-0.05, 0) is 90.1 Å². The zero-order chi connectivity index (χ0) is 49.0. The summed E-state index contributed by atoms with van der Waals surface area (Å²) in [5.74, 6) is -1.03. The lowest BCUT2D eigenvalue weighted by Gasteiger charge is -2.57. The van der Waals surface area contributed by atoms with Crippen LogP contribution in [0.4, 0.5) is 0 Å². The molecule has 0 N–H and O–H groups in total. The standard InChI is InChI=1S/C48H58N6O14S/c1-47(59-6)48(2,60-7)68-44-40(52-54-50)46(69(55)36-11-9-8-10-12-36)66-38(42(44)67-47)29-64-45-39(51-53-49)43(63-27-32-17-23-35(58-5)24-18-32)41(62-26-31-15-21-34(57-4)22-16-31)37(65-45)28-61-25-30-13-19-33(56-3)20-14-30/h8-24,37-46H,25-29H2,1-7H3/t37-,38-,39-,40-,41-,42-,43-,44-,45-,46+,47+,48+,69?/m1/s1. The summed E-state index contributed by atoms with van der Waals surface area (Å²) < 4.78 is 95.2. The molecule has 0 bridgehead atoms. The van der Waals surface area contributed by atoms with Crippen LogP contribution >= 0.6 is 0 Å². The molecule has 0 radical (unpaired) electrons. The summed E-state index contributed by atoms with van der Waals surface area (Å²) in [5, 5.41) is 8.28. The van der Waals surface area contributed by atoms with Gasteiger partial charge in [-0.25, -0.2) is 0 Å². The molecule has 3 saturated heterocycles. The molecule has 3 heterocycles.